The van der Waals surface area contributed by atoms with Crippen molar-refractivity contribution in [3.8, 4) is 0 Å². The summed E-state index contributed by atoms with van der Waals surface area (Å²) >= 11 is 0. The Kier molecular flexibility index (Phi) is 6.57. The summed E-state index contributed by atoms with van der Waals surface area (Å²) in [5.41, 5.74) is 2.50. The van der Waals surface area contributed by atoms with Gasteiger partial charge in [0.25, 0.3) is 0 Å². The van der Waals surface area contributed by atoms with Gasteiger partial charge in [0.05, 0.1) is 0 Å². The highest BCUT2D eigenvalue weighted by Crippen LogP contribution is 2.12. The topological polar surface area (TPSA) is 45.2 Å². The first kappa shape index (κ1) is 17.6. The standard InChI is InChI=1S/C21H27N3O/c25-21(11-10-19-8-4-13-22-16-19)23-20-9-5-14-24(17-20)15-12-18-6-2-1-3-7-18/h1-4,6-8,13,16,20H,5,9-12,14-15,17H2,(H,23,25). The van der Waals surface area contributed by atoms with Crippen molar-refractivity contribution in [1.29, 1.82) is 0 Å². The molecular formula is C21H27N3O. The molecule has 1 unspecified atom stereocenters. The summed E-state index contributed by atoms with van der Waals surface area (Å²) in [5.74, 6) is 0.152. The quantitative estimate of drug-likeness (QED) is 0.845. The van der Waals surface area contributed by atoms with Crippen molar-refractivity contribution in [2.75, 3.05) is 19.6 Å². The number of hydrogen-bond donors (Lipinski definition) is 1. The molecule has 1 amide bonds. The fourth-order valence-corrected chi connectivity index (χ4v) is 3.41. The molecule has 4 heteroatoms. The van der Waals surface area contributed by atoms with Crippen molar-refractivity contribution in [2.24, 2.45) is 0 Å². The molecule has 1 aliphatic rings. The van der Waals surface area contributed by atoms with Crippen LogP contribution in [0.4, 0.5) is 0 Å². The second kappa shape index (κ2) is 9.33. The number of likely N-dealkylation sites (tertiary alicyclic amines) is 1. The lowest BCUT2D eigenvalue weighted by Gasteiger charge is -2.33. The molecule has 0 saturated carbocycles. The highest BCUT2D eigenvalue weighted by atomic mass is 16.1. The Hall–Kier alpha value is -2.20. The normalized spacial score (nSPS) is 18.0. The first-order valence-electron chi connectivity index (χ1n) is 9.24. The number of amides is 1. The zero-order valence-corrected chi connectivity index (χ0v) is 14.7. The van der Waals surface area contributed by atoms with Crippen molar-refractivity contribution >= 4 is 5.91 Å². The maximum absolute atomic E-state index is 12.2. The summed E-state index contributed by atoms with van der Waals surface area (Å²) in [6.07, 6.45) is 8.19. The number of aromatic nitrogens is 1. The minimum Gasteiger partial charge on any atom is -0.352 e. The third-order valence-corrected chi connectivity index (χ3v) is 4.79. The average Bonchev–Trinajstić information content (AvgIpc) is 2.67. The fourth-order valence-electron chi connectivity index (χ4n) is 3.41. The van der Waals surface area contributed by atoms with Gasteiger partial charge in [0, 0.05) is 37.9 Å². The third-order valence-electron chi connectivity index (χ3n) is 4.79. The number of carbonyl (C=O) groups is 1. The van der Waals surface area contributed by atoms with Crippen LogP contribution in [0, 0.1) is 0 Å². The number of rotatable bonds is 7. The molecule has 4 nitrogen and oxygen atoms in total. The summed E-state index contributed by atoms with van der Waals surface area (Å²) in [4.78, 5) is 18.8. The van der Waals surface area contributed by atoms with Gasteiger partial charge in [-0.1, -0.05) is 36.4 Å². The molecule has 1 aliphatic heterocycles. The molecule has 2 aromatic rings. The van der Waals surface area contributed by atoms with E-state index >= 15 is 0 Å². The van der Waals surface area contributed by atoms with Gasteiger partial charge in [0.1, 0.15) is 0 Å². The summed E-state index contributed by atoms with van der Waals surface area (Å²) in [6, 6.07) is 14.8. The van der Waals surface area contributed by atoms with Crippen LogP contribution >= 0.6 is 0 Å². The lowest BCUT2D eigenvalue weighted by atomic mass is 10.0. The maximum atomic E-state index is 12.2. The third kappa shape index (κ3) is 5.98. The molecule has 0 spiro atoms. The van der Waals surface area contributed by atoms with E-state index in [-0.39, 0.29) is 11.9 Å². The van der Waals surface area contributed by atoms with Crippen molar-refractivity contribution in [1.82, 2.24) is 15.2 Å². The summed E-state index contributed by atoms with van der Waals surface area (Å²) in [6.45, 7) is 3.16. The zero-order chi connectivity index (χ0) is 17.3. The summed E-state index contributed by atoms with van der Waals surface area (Å²) in [7, 11) is 0. The number of nitrogens with zero attached hydrogens (tertiary/aromatic N) is 2. The molecular weight excluding hydrogens is 310 g/mol. The first-order chi connectivity index (χ1) is 12.3. The van der Waals surface area contributed by atoms with Crippen molar-refractivity contribution < 1.29 is 4.79 Å². The summed E-state index contributed by atoms with van der Waals surface area (Å²) in [5, 5.41) is 3.22. The van der Waals surface area contributed by atoms with Gasteiger partial charge in [0.15, 0.2) is 0 Å². The Labute approximate surface area is 150 Å². The molecule has 1 N–H and O–H groups in total. The molecule has 1 saturated heterocycles. The predicted octanol–water partition coefficient (Wildman–Crippen LogP) is 2.84. The van der Waals surface area contributed by atoms with Gasteiger partial charge in [0.2, 0.25) is 5.91 Å². The molecule has 1 aromatic carbocycles. The van der Waals surface area contributed by atoms with E-state index in [0.29, 0.717) is 6.42 Å². The Balaban J connectivity index is 1.39. The zero-order valence-electron chi connectivity index (χ0n) is 14.7. The number of benzene rings is 1. The SMILES string of the molecule is O=C(CCc1cccnc1)NC1CCCN(CCc2ccccc2)C1. The van der Waals surface area contributed by atoms with Gasteiger partial charge in [-0.2, -0.15) is 0 Å². The van der Waals surface area contributed by atoms with E-state index in [4.69, 9.17) is 0 Å². The Morgan fingerprint density at radius 1 is 1.12 bits per heavy atom. The molecule has 3 rings (SSSR count). The van der Waals surface area contributed by atoms with Gasteiger partial charge >= 0.3 is 0 Å². The number of piperidine rings is 1. The predicted molar refractivity (Wildman–Crippen MR) is 100 cm³/mol. The van der Waals surface area contributed by atoms with E-state index in [1.165, 1.54) is 5.56 Å². The lowest BCUT2D eigenvalue weighted by molar-refractivity contribution is -0.122. The van der Waals surface area contributed by atoms with E-state index in [1.807, 2.05) is 18.3 Å². The highest BCUT2D eigenvalue weighted by molar-refractivity contribution is 5.76. The van der Waals surface area contributed by atoms with E-state index in [1.54, 1.807) is 6.20 Å². The highest BCUT2D eigenvalue weighted by Gasteiger charge is 2.21. The monoisotopic (exact) mass is 337 g/mol. The number of hydrogen-bond acceptors (Lipinski definition) is 3. The van der Waals surface area contributed by atoms with Crippen molar-refractivity contribution in [3.05, 3.63) is 66.0 Å². The first-order valence-corrected chi connectivity index (χ1v) is 9.24. The van der Waals surface area contributed by atoms with Gasteiger partial charge in [-0.05, 0) is 49.4 Å². The van der Waals surface area contributed by atoms with Crippen LogP contribution in [-0.2, 0) is 17.6 Å². The molecule has 0 aliphatic carbocycles. The Bertz CT molecular complexity index is 645. The van der Waals surface area contributed by atoms with Gasteiger partial charge < -0.3 is 10.2 Å². The largest absolute Gasteiger partial charge is 0.352 e. The lowest BCUT2D eigenvalue weighted by Crippen LogP contribution is -2.48. The van der Waals surface area contributed by atoms with Crippen LogP contribution in [0.15, 0.2) is 54.9 Å². The van der Waals surface area contributed by atoms with E-state index in [9.17, 15) is 4.79 Å². The van der Waals surface area contributed by atoms with Crippen LogP contribution in [-0.4, -0.2) is 41.5 Å². The van der Waals surface area contributed by atoms with Crippen LogP contribution in [0.1, 0.15) is 30.4 Å². The van der Waals surface area contributed by atoms with E-state index < -0.39 is 0 Å². The van der Waals surface area contributed by atoms with Crippen LogP contribution in [0.25, 0.3) is 0 Å². The molecule has 0 radical (unpaired) electrons. The summed E-state index contributed by atoms with van der Waals surface area (Å²) < 4.78 is 0. The second-order valence-electron chi connectivity index (χ2n) is 6.80. The number of pyridine rings is 1. The fraction of sp³-hybridized carbons (Fsp3) is 0.429. The number of carbonyl (C=O) groups excluding carboxylic acids is 1. The number of aryl methyl sites for hydroxylation is 1. The maximum Gasteiger partial charge on any atom is 0.220 e. The van der Waals surface area contributed by atoms with Gasteiger partial charge in [-0.25, -0.2) is 0 Å². The minimum atomic E-state index is 0.152. The molecule has 0 bridgehead atoms. The Morgan fingerprint density at radius 3 is 2.76 bits per heavy atom. The van der Waals surface area contributed by atoms with Crippen LogP contribution < -0.4 is 5.32 Å². The van der Waals surface area contributed by atoms with Crippen LogP contribution in [0.5, 0.6) is 0 Å². The molecule has 25 heavy (non-hydrogen) atoms. The average molecular weight is 337 g/mol. The van der Waals surface area contributed by atoms with E-state index in [2.05, 4.69) is 45.5 Å². The van der Waals surface area contributed by atoms with Gasteiger partial charge in [-0.3, -0.25) is 9.78 Å². The smallest absolute Gasteiger partial charge is 0.220 e. The number of nitrogens with one attached hydrogen (secondary N) is 1. The van der Waals surface area contributed by atoms with Gasteiger partial charge in [-0.15, -0.1) is 0 Å². The van der Waals surface area contributed by atoms with Crippen molar-refractivity contribution in [2.45, 2.75) is 38.1 Å². The minimum absolute atomic E-state index is 0.152. The van der Waals surface area contributed by atoms with Crippen LogP contribution in [0.3, 0.4) is 0 Å². The second-order valence-corrected chi connectivity index (χ2v) is 6.80. The molecule has 132 valence electrons. The van der Waals surface area contributed by atoms with Crippen molar-refractivity contribution in [3.63, 3.8) is 0 Å². The molecule has 1 aromatic heterocycles. The molecule has 1 fully saturated rings. The Morgan fingerprint density at radius 2 is 1.96 bits per heavy atom. The molecule has 1 atom stereocenters. The van der Waals surface area contributed by atoms with E-state index in [0.717, 1.165) is 50.9 Å². The van der Waals surface area contributed by atoms with Crippen LogP contribution in [0.2, 0.25) is 0 Å². The molecule has 2 heterocycles.